The Bertz CT molecular complexity index is 1270. The Hall–Kier alpha value is -4.60. The van der Waals surface area contributed by atoms with Gasteiger partial charge in [0.2, 0.25) is 5.75 Å². The largest absolute Gasteiger partial charge is 0.496 e. The highest BCUT2D eigenvalue weighted by atomic mass is 16.5. The van der Waals surface area contributed by atoms with E-state index in [1.807, 2.05) is 18.2 Å². The van der Waals surface area contributed by atoms with E-state index in [-0.39, 0.29) is 5.76 Å². The number of amides is 1. The van der Waals surface area contributed by atoms with Gasteiger partial charge in [-0.25, -0.2) is 4.98 Å². The molecule has 0 spiro atoms. The summed E-state index contributed by atoms with van der Waals surface area (Å²) < 4.78 is 32.5. The number of furan rings is 1. The third kappa shape index (κ3) is 5.16. The van der Waals surface area contributed by atoms with Crippen molar-refractivity contribution >= 4 is 17.3 Å². The van der Waals surface area contributed by atoms with Gasteiger partial charge in [0.05, 0.1) is 46.7 Å². The highest BCUT2D eigenvalue weighted by Gasteiger charge is 2.17. The van der Waals surface area contributed by atoms with Gasteiger partial charge in [0.1, 0.15) is 11.5 Å². The number of nitrogens with zero attached hydrogens (tertiary/aromatic N) is 1. The molecule has 10 heteroatoms. The zero-order chi connectivity index (χ0) is 24.8. The van der Waals surface area contributed by atoms with Crippen LogP contribution in [0.3, 0.4) is 0 Å². The van der Waals surface area contributed by atoms with E-state index in [4.69, 9.17) is 27.8 Å². The fraction of sp³-hybridized carbons (Fsp3) is 0.200. The first-order valence-electron chi connectivity index (χ1n) is 10.6. The molecule has 2 aromatic carbocycles. The molecule has 0 atom stereocenters. The zero-order valence-electron chi connectivity index (χ0n) is 19.7. The van der Waals surface area contributed by atoms with Gasteiger partial charge in [0.25, 0.3) is 5.91 Å². The van der Waals surface area contributed by atoms with E-state index in [1.54, 1.807) is 37.6 Å². The smallest absolute Gasteiger partial charge is 0.291 e. The van der Waals surface area contributed by atoms with Crippen molar-refractivity contribution in [1.29, 1.82) is 0 Å². The lowest BCUT2D eigenvalue weighted by Crippen LogP contribution is -2.11. The molecular weight excluding hydrogens is 454 g/mol. The Morgan fingerprint density at radius 3 is 2.23 bits per heavy atom. The van der Waals surface area contributed by atoms with Crippen LogP contribution < -0.4 is 29.6 Å². The quantitative estimate of drug-likeness (QED) is 0.330. The van der Waals surface area contributed by atoms with Crippen molar-refractivity contribution in [2.45, 2.75) is 6.54 Å². The number of hydrogen-bond acceptors (Lipinski definition) is 9. The Balaban J connectivity index is 1.42. The number of methoxy groups -OCH3 is 4. The third-order valence-corrected chi connectivity index (χ3v) is 5.17. The lowest BCUT2D eigenvalue weighted by atomic mass is 10.1. The number of hydrogen-bond donors (Lipinski definition) is 2. The molecular formula is C25H25N3O7. The number of aromatic nitrogens is 1. The van der Waals surface area contributed by atoms with Crippen LogP contribution >= 0.6 is 0 Å². The van der Waals surface area contributed by atoms with Gasteiger partial charge < -0.3 is 38.4 Å². The Morgan fingerprint density at radius 1 is 0.886 bits per heavy atom. The molecule has 4 aromatic rings. The van der Waals surface area contributed by atoms with Crippen LogP contribution in [0, 0.1) is 0 Å². The molecule has 10 nitrogen and oxygen atoms in total. The summed E-state index contributed by atoms with van der Waals surface area (Å²) in [4.78, 5) is 16.7. The van der Waals surface area contributed by atoms with Crippen LogP contribution in [0.25, 0.3) is 11.3 Å². The molecule has 0 unspecified atom stereocenters. The first-order valence-corrected chi connectivity index (χ1v) is 10.6. The van der Waals surface area contributed by atoms with Crippen molar-refractivity contribution < 1.29 is 32.6 Å². The van der Waals surface area contributed by atoms with Crippen molar-refractivity contribution in [3.8, 4) is 34.3 Å². The van der Waals surface area contributed by atoms with Gasteiger partial charge in [-0.05, 0) is 24.3 Å². The summed E-state index contributed by atoms with van der Waals surface area (Å²) in [6.07, 6.45) is 2.99. The monoisotopic (exact) mass is 479 g/mol. The van der Waals surface area contributed by atoms with E-state index >= 15 is 0 Å². The predicted molar refractivity (Wildman–Crippen MR) is 129 cm³/mol. The second-order valence-electron chi connectivity index (χ2n) is 7.27. The van der Waals surface area contributed by atoms with E-state index in [1.165, 1.54) is 27.7 Å². The average molecular weight is 479 g/mol. The highest BCUT2D eigenvalue weighted by molar-refractivity contribution is 6.02. The highest BCUT2D eigenvalue weighted by Crippen LogP contribution is 2.40. The lowest BCUT2D eigenvalue weighted by molar-refractivity contribution is 0.0995. The molecule has 0 aliphatic heterocycles. The molecule has 35 heavy (non-hydrogen) atoms. The van der Waals surface area contributed by atoms with Gasteiger partial charge in [0.15, 0.2) is 29.4 Å². The van der Waals surface area contributed by atoms with Gasteiger partial charge in [-0.1, -0.05) is 0 Å². The van der Waals surface area contributed by atoms with Gasteiger partial charge in [-0.3, -0.25) is 4.79 Å². The first kappa shape index (κ1) is 23.6. The molecule has 4 rings (SSSR count). The van der Waals surface area contributed by atoms with Crippen LogP contribution in [0.1, 0.15) is 16.3 Å². The standard InChI is InChI=1S/C25H25N3O7/c1-30-20-9-15(5-7-18(20)23-13-26-14-34-23)27-12-17-6-8-19(35-17)25(29)28-16-10-21(31-2)24(33-4)22(11-16)32-3/h5-11,13-14,27H,12H2,1-4H3,(H,28,29). The molecule has 0 aliphatic rings. The molecule has 0 saturated carbocycles. The molecule has 182 valence electrons. The number of benzene rings is 2. The number of anilines is 2. The van der Waals surface area contributed by atoms with Crippen LogP contribution in [0.15, 0.2) is 63.9 Å². The molecule has 0 bridgehead atoms. The van der Waals surface area contributed by atoms with Crippen molar-refractivity contribution in [2.24, 2.45) is 0 Å². The third-order valence-electron chi connectivity index (χ3n) is 5.17. The summed E-state index contributed by atoms with van der Waals surface area (Å²) in [5, 5.41) is 6.04. The summed E-state index contributed by atoms with van der Waals surface area (Å²) in [6, 6.07) is 12.2. The molecule has 0 radical (unpaired) electrons. The molecule has 2 N–H and O–H groups in total. The topological polar surface area (TPSA) is 117 Å². The van der Waals surface area contributed by atoms with Crippen LogP contribution in [0.5, 0.6) is 23.0 Å². The number of ether oxygens (including phenoxy) is 4. The summed E-state index contributed by atoms with van der Waals surface area (Å²) in [5.41, 5.74) is 2.07. The summed E-state index contributed by atoms with van der Waals surface area (Å²) in [6.45, 7) is 0.363. The Morgan fingerprint density at radius 2 is 1.60 bits per heavy atom. The summed E-state index contributed by atoms with van der Waals surface area (Å²) >= 11 is 0. The van der Waals surface area contributed by atoms with E-state index in [0.717, 1.165) is 11.3 Å². The molecule has 0 saturated heterocycles. The van der Waals surface area contributed by atoms with Crippen LogP contribution in [-0.2, 0) is 6.54 Å². The van der Waals surface area contributed by atoms with Crippen molar-refractivity contribution in [3.63, 3.8) is 0 Å². The summed E-state index contributed by atoms with van der Waals surface area (Å²) in [7, 11) is 6.11. The van der Waals surface area contributed by atoms with Gasteiger partial charge in [-0.2, -0.15) is 0 Å². The molecule has 1 amide bonds. The SMILES string of the molecule is COc1cc(NCc2ccc(C(=O)Nc3cc(OC)c(OC)c(OC)c3)o2)ccc1-c1cnco1. The van der Waals surface area contributed by atoms with Gasteiger partial charge >= 0.3 is 0 Å². The minimum absolute atomic E-state index is 0.161. The van der Waals surface area contributed by atoms with E-state index in [9.17, 15) is 4.79 Å². The maximum atomic E-state index is 12.7. The number of rotatable bonds is 10. The van der Waals surface area contributed by atoms with Gasteiger partial charge in [0, 0.05) is 29.6 Å². The van der Waals surface area contributed by atoms with Crippen LogP contribution in [0.4, 0.5) is 11.4 Å². The van der Waals surface area contributed by atoms with Crippen LogP contribution in [-0.4, -0.2) is 39.3 Å². The molecule has 2 aromatic heterocycles. The Labute approximate surface area is 201 Å². The minimum Gasteiger partial charge on any atom is -0.496 e. The maximum Gasteiger partial charge on any atom is 0.291 e. The van der Waals surface area contributed by atoms with E-state index in [0.29, 0.717) is 46.8 Å². The second kappa shape index (κ2) is 10.6. The molecule has 0 fully saturated rings. The van der Waals surface area contributed by atoms with Crippen molar-refractivity contribution in [3.05, 3.63) is 66.6 Å². The second-order valence-corrected chi connectivity index (χ2v) is 7.27. The fourth-order valence-corrected chi connectivity index (χ4v) is 3.48. The molecule has 2 heterocycles. The Kier molecular flexibility index (Phi) is 7.10. The van der Waals surface area contributed by atoms with Crippen molar-refractivity contribution in [2.75, 3.05) is 39.1 Å². The number of nitrogens with one attached hydrogen (secondary N) is 2. The van der Waals surface area contributed by atoms with Crippen molar-refractivity contribution in [1.82, 2.24) is 4.98 Å². The molecule has 0 aliphatic carbocycles. The first-order chi connectivity index (χ1) is 17.1. The number of carbonyl (C=O) groups is 1. The van der Waals surface area contributed by atoms with E-state index in [2.05, 4.69) is 15.6 Å². The maximum absolute atomic E-state index is 12.7. The van der Waals surface area contributed by atoms with E-state index < -0.39 is 5.91 Å². The average Bonchev–Trinajstić information content (AvgIpc) is 3.59. The lowest BCUT2D eigenvalue weighted by Gasteiger charge is -2.14. The number of carbonyl (C=O) groups excluding carboxylic acids is 1. The van der Waals surface area contributed by atoms with Crippen LogP contribution in [0.2, 0.25) is 0 Å². The normalized spacial score (nSPS) is 10.5. The predicted octanol–water partition coefficient (Wildman–Crippen LogP) is 4.83. The minimum atomic E-state index is -0.413. The number of oxazole rings is 1. The van der Waals surface area contributed by atoms with Gasteiger partial charge in [-0.15, -0.1) is 0 Å². The summed E-state index contributed by atoms with van der Waals surface area (Å²) in [5.74, 6) is 2.87. The fourth-order valence-electron chi connectivity index (χ4n) is 3.48. The zero-order valence-corrected chi connectivity index (χ0v) is 19.7.